The van der Waals surface area contributed by atoms with E-state index in [-0.39, 0.29) is 5.91 Å². The number of piperidine rings is 1. The van der Waals surface area contributed by atoms with Gasteiger partial charge in [-0.15, -0.1) is 0 Å². The van der Waals surface area contributed by atoms with Crippen molar-refractivity contribution >= 4 is 11.7 Å². The summed E-state index contributed by atoms with van der Waals surface area (Å²) in [6.45, 7) is 7.89. The molecule has 0 aromatic carbocycles. The van der Waals surface area contributed by atoms with E-state index in [1.165, 1.54) is 0 Å². The minimum absolute atomic E-state index is 0.00863. The van der Waals surface area contributed by atoms with Crippen LogP contribution in [0.1, 0.15) is 31.9 Å². The Balaban J connectivity index is 1.75. The normalized spacial score (nSPS) is 16.6. The molecule has 0 radical (unpaired) electrons. The summed E-state index contributed by atoms with van der Waals surface area (Å²) in [5.41, 5.74) is 0. The molecule has 6 nitrogen and oxygen atoms in total. The van der Waals surface area contributed by atoms with Crippen molar-refractivity contribution in [3.05, 3.63) is 11.8 Å². The van der Waals surface area contributed by atoms with E-state index >= 15 is 0 Å². The van der Waals surface area contributed by atoms with Gasteiger partial charge in [0.15, 0.2) is 5.82 Å². The van der Waals surface area contributed by atoms with Crippen molar-refractivity contribution in [2.45, 2.75) is 39.2 Å². The van der Waals surface area contributed by atoms with Crippen LogP contribution < -0.4 is 10.6 Å². The Morgan fingerprint density at radius 3 is 2.90 bits per heavy atom. The molecule has 1 aliphatic heterocycles. The van der Waals surface area contributed by atoms with Crippen LogP contribution in [0, 0.1) is 6.92 Å². The first-order chi connectivity index (χ1) is 9.69. The molecule has 0 atom stereocenters. The van der Waals surface area contributed by atoms with E-state index in [0.717, 1.165) is 39.0 Å². The van der Waals surface area contributed by atoms with E-state index in [2.05, 4.69) is 27.6 Å². The van der Waals surface area contributed by atoms with E-state index in [0.29, 0.717) is 24.0 Å². The molecule has 1 aliphatic rings. The molecular formula is C14H24N4O2. The Morgan fingerprint density at radius 1 is 1.55 bits per heavy atom. The summed E-state index contributed by atoms with van der Waals surface area (Å²) in [5, 5.41) is 9.90. The van der Waals surface area contributed by atoms with Gasteiger partial charge in [-0.25, -0.2) is 0 Å². The predicted octanol–water partition coefficient (Wildman–Crippen LogP) is 1.39. The molecule has 1 fully saturated rings. The third-order valence-corrected chi connectivity index (χ3v) is 3.75. The second-order valence-electron chi connectivity index (χ2n) is 5.23. The molecular weight excluding hydrogens is 256 g/mol. The van der Waals surface area contributed by atoms with Crippen molar-refractivity contribution in [3.63, 3.8) is 0 Å². The maximum absolute atomic E-state index is 11.9. The van der Waals surface area contributed by atoms with Crippen molar-refractivity contribution in [2.75, 3.05) is 31.5 Å². The summed E-state index contributed by atoms with van der Waals surface area (Å²) in [6, 6.07) is 2.32. The van der Waals surface area contributed by atoms with Crippen molar-refractivity contribution in [3.8, 4) is 0 Å². The molecule has 0 spiro atoms. The van der Waals surface area contributed by atoms with Crippen molar-refractivity contribution in [2.24, 2.45) is 0 Å². The zero-order valence-electron chi connectivity index (χ0n) is 12.3. The maximum atomic E-state index is 11.9. The lowest BCUT2D eigenvalue weighted by Crippen LogP contribution is -2.44. The monoisotopic (exact) mass is 280 g/mol. The standard InChI is InChI=1S/C14H24N4O2/c1-3-18(12-4-7-15-8-5-12)9-6-14(19)16-13-10-11(2)20-17-13/h10,12,15H,3-9H2,1-2H3,(H,16,17,19). The molecule has 1 aromatic rings. The van der Waals surface area contributed by atoms with E-state index in [4.69, 9.17) is 4.52 Å². The minimum Gasteiger partial charge on any atom is -0.360 e. The number of aromatic nitrogens is 1. The minimum atomic E-state index is -0.00863. The molecule has 0 unspecified atom stereocenters. The summed E-state index contributed by atoms with van der Waals surface area (Å²) in [5.74, 6) is 1.19. The molecule has 6 heteroatoms. The highest BCUT2D eigenvalue weighted by Crippen LogP contribution is 2.12. The van der Waals surface area contributed by atoms with Crippen molar-refractivity contribution in [1.29, 1.82) is 0 Å². The summed E-state index contributed by atoms with van der Waals surface area (Å²) < 4.78 is 4.93. The van der Waals surface area contributed by atoms with E-state index in [1.54, 1.807) is 13.0 Å². The van der Waals surface area contributed by atoms with Crippen LogP contribution in [-0.4, -0.2) is 48.2 Å². The molecule has 1 amide bonds. The second-order valence-corrected chi connectivity index (χ2v) is 5.23. The number of amides is 1. The lowest BCUT2D eigenvalue weighted by atomic mass is 10.0. The number of hydrogen-bond acceptors (Lipinski definition) is 5. The lowest BCUT2D eigenvalue weighted by Gasteiger charge is -2.33. The second kappa shape index (κ2) is 7.40. The van der Waals surface area contributed by atoms with E-state index < -0.39 is 0 Å². The number of aryl methyl sites for hydroxylation is 1. The number of nitrogens with one attached hydrogen (secondary N) is 2. The maximum Gasteiger partial charge on any atom is 0.226 e. The molecule has 20 heavy (non-hydrogen) atoms. The highest BCUT2D eigenvalue weighted by atomic mass is 16.5. The average Bonchev–Trinajstić information content (AvgIpc) is 2.86. The van der Waals surface area contributed by atoms with Crippen molar-refractivity contribution < 1.29 is 9.32 Å². The molecule has 112 valence electrons. The van der Waals surface area contributed by atoms with Gasteiger partial charge in [-0.3, -0.25) is 4.79 Å². The number of nitrogens with zero attached hydrogens (tertiary/aromatic N) is 2. The zero-order valence-corrected chi connectivity index (χ0v) is 12.3. The zero-order chi connectivity index (χ0) is 14.4. The van der Waals surface area contributed by atoms with Crippen LogP contribution in [-0.2, 0) is 4.79 Å². The molecule has 1 saturated heterocycles. The smallest absolute Gasteiger partial charge is 0.226 e. The average molecular weight is 280 g/mol. The number of rotatable bonds is 6. The van der Waals surface area contributed by atoms with Gasteiger partial charge in [0.05, 0.1) is 0 Å². The Labute approximate surface area is 119 Å². The van der Waals surface area contributed by atoms with E-state index in [9.17, 15) is 4.79 Å². The van der Waals surface area contributed by atoms with E-state index in [1.807, 2.05) is 0 Å². The molecule has 0 aliphatic carbocycles. The Bertz CT molecular complexity index is 427. The van der Waals surface area contributed by atoms with Gasteiger partial charge in [0.2, 0.25) is 5.91 Å². The lowest BCUT2D eigenvalue weighted by molar-refractivity contribution is -0.116. The molecule has 2 heterocycles. The Hall–Kier alpha value is -1.40. The summed E-state index contributed by atoms with van der Waals surface area (Å²) in [4.78, 5) is 14.3. The fourth-order valence-electron chi connectivity index (χ4n) is 2.65. The number of carbonyl (C=O) groups excluding carboxylic acids is 1. The van der Waals surface area contributed by atoms with Gasteiger partial charge in [0.1, 0.15) is 5.76 Å². The molecule has 2 rings (SSSR count). The fourth-order valence-corrected chi connectivity index (χ4v) is 2.65. The first-order valence-electron chi connectivity index (χ1n) is 7.37. The third-order valence-electron chi connectivity index (χ3n) is 3.75. The highest BCUT2D eigenvalue weighted by molar-refractivity contribution is 5.89. The van der Waals surface area contributed by atoms with Crippen LogP contribution in [0.2, 0.25) is 0 Å². The third kappa shape index (κ3) is 4.31. The fraction of sp³-hybridized carbons (Fsp3) is 0.714. The van der Waals surface area contributed by atoms with Crippen molar-refractivity contribution in [1.82, 2.24) is 15.4 Å². The number of hydrogen-bond donors (Lipinski definition) is 2. The molecule has 0 bridgehead atoms. The van der Waals surface area contributed by atoms with Gasteiger partial charge < -0.3 is 20.1 Å². The SMILES string of the molecule is CCN(CCC(=O)Nc1cc(C)on1)C1CCNCC1. The molecule has 2 N–H and O–H groups in total. The van der Waals surface area contributed by atoms with Crippen LogP contribution in [0.3, 0.4) is 0 Å². The number of anilines is 1. The van der Waals surface area contributed by atoms with Gasteiger partial charge in [-0.2, -0.15) is 0 Å². The largest absolute Gasteiger partial charge is 0.360 e. The highest BCUT2D eigenvalue weighted by Gasteiger charge is 2.20. The first kappa shape index (κ1) is 15.0. The summed E-state index contributed by atoms with van der Waals surface area (Å²) >= 11 is 0. The number of carbonyl (C=O) groups is 1. The first-order valence-corrected chi connectivity index (χ1v) is 7.37. The summed E-state index contributed by atoms with van der Waals surface area (Å²) in [6.07, 6.45) is 2.82. The van der Waals surface area contributed by atoms with Gasteiger partial charge in [-0.1, -0.05) is 12.1 Å². The molecule has 1 aromatic heterocycles. The van der Waals surface area contributed by atoms with Gasteiger partial charge >= 0.3 is 0 Å². The quantitative estimate of drug-likeness (QED) is 0.824. The van der Waals surface area contributed by atoms with Gasteiger partial charge in [-0.05, 0) is 39.4 Å². The van der Waals surface area contributed by atoms with Crippen LogP contribution >= 0.6 is 0 Å². The summed E-state index contributed by atoms with van der Waals surface area (Å²) in [7, 11) is 0. The van der Waals surface area contributed by atoms with Crippen LogP contribution in [0.25, 0.3) is 0 Å². The molecule has 0 saturated carbocycles. The van der Waals surface area contributed by atoms with Crippen LogP contribution in [0.15, 0.2) is 10.6 Å². The van der Waals surface area contributed by atoms with Crippen LogP contribution in [0.5, 0.6) is 0 Å². The Morgan fingerprint density at radius 2 is 2.30 bits per heavy atom. The predicted molar refractivity (Wildman–Crippen MR) is 77.6 cm³/mol. The topological polar surface area (TPSA) is 70.4 Å². The van der Waals surface area contributed by atoms with Gasteiger partial charge in [0.25, 0.3) is 0 Å². The Kier molecular flexibility index (Phi) is 5.55. The van der Waals surface area contributed by atoms with Crippen LogP contribution in [0.4, 0.5) is 5.82 Å². The van der Waals surface area contributed by atoms with Gasteiger partial charge in [0, 0.05) is 25.1 Å².